The van der Waals surface area contributed by atoms with E-state index in [0.29, 0.717) is 5.92 Å². The fourth-order valence-corrected chi connectivity index (χ4v) is 2.85. The molecule has 0 spiro atoms. The number of aryl methyl sites for hydroxylation is 1. The molecule has 1 saturated heterocycles. The van der Waals surface area contributed by atoms with Gasteiger partial charge in [0.2, 0.25) is 0 Å². The Morgan fingerprint density at radius 1 is 1.14 bits per heavy atom. The number of aromatic nitrogens is 2. The third kappa shape index (κ3) is 3.10. The fourth-order valence-electron chi connectivity index (χ4n) is 2.85. The number of carbonyl (C=O) groups is 1. The van der Waals surface area contributed by atoms with Crippen LogP contribution in [0.3, 0.4) is 0 Å². The number of nitrogens with zero attached hydrogens (tertiary/aromatic N) is 3. The van der Waals surface area contributed by atoms with E-state index in [1.54, 1.807) is 24.5 Å². The van der Waals surface area contributed by atoms with Crippen molar-refractivity contribution in [1.82, 2.24) is 14.9 Å². The maximum absolute atomic E-state index is 12.4. The van der Waals surface area contributed by atoms with Crippen molar-refractivity contribution < 1.29 is 4.79 Å². The molecule has 4 heteroatoms. The molecule has 0 bridgehead atoms. The number of pyridine rings is 2. The molecule has 0 radical (unpaired) electrons. The normalized spacial score (nSPS) is 16.0. The molecule has 2 aromatic rings. The molecular formula is C17H19N3O. The Labute approximate surface area is 124 Å². The van der Waals surface area contributed by atoms with Gasteiger partial charge < -0.3 is 4.90 Å². The summed E-state index contributed by atoms with van der Waals surface area (Å²) in [5, 5.41) is 0. The van der Waals surface area contributed by atoms with Gasteiger partial charge in [-0.1, -0.05) is 6.07 Å². The van der Waals surface area contributed by atoms with E-state index in [1.165, 1.54) is 0 Å². The lowest BCUT2D eigenvalue weighted by molar-refractivity contribution is 0.0712. The van der Waals surface area contributed by atoms with Crippen LogP contribution in [-0.4, -0.2) is 33.9 Å². The van der Waals surface area contributed by atoms with Crippen LogP contribution in [0.5, 0.6) is 0 Å². The monoisotopic (exact) mass is 281 g/mol. The molecule has 1 amide bonds. The molecule has 3 rings (SSSR count). The number of hydrogen-bond acceptors (Lipinski definition) is 3. The molecule has 0 aliphatic carbocycles. The summed E-state index contributed by atoms with van der Waals surface area (Å²) < 4.78 is 0. The summed E-state index contributed by atoms with van der Waals surface area (Å²) in [6.45, 7) is 3.61. The van der Waals surface area contributed by atoms with E-state index in [9.17, 15) is 4.79 Å². The summed E-state index contributed by atoms with van der Waals surface area (Å²) in [4.78, 5) is 22.9. The van der Waals surface area contributed by atoms with Crippen LogP contribution in [0.15, 0.2) is 42.7 Å². The Hall–Kier alpha value is -2.23. The van der Waals surface area contributed by atoms with Gasteiger partial charge in [-0.05, 0) is 44.0 Å². The summed E-state index contributed by atoms with van der Waals surface area (Å²) in [5.74, 6) is 0.569. The first kappa shape index (κ1) is 13.7. The molecule has 21 heavy (non-hydrogen) atoms. The van der Waals surface area contributed by atoms with E-state index < -0.39 is 0 Å². The molecule has 0 saturated carbocycles. The van der Waals surface area contributed by atoms with E-state index >= 15 is 0 Å². The molecule has 1 aliphatic heterocycles. The van der Waals surface area contributed by atoms with Gasteiger partial charge in [0.05, 0.1) is 0 Å². The van der Waals surface area contributed by atoms with Gasteiger partial charge in [-0.15, -0.1) is 0 Å². The standard InChI is InChI=1S/C17H19N3O/c1-13-3-2-4-16(19-13)14-7-11-20(12-8-14)17(21)15-5-9-18-10-6-15/h2-6,9-10,14H,7-8,11-12H2,1H3. The highest BCUT2D eigenvalue weighted by atomic mass is 16.2. The zero-order chi connectivity index (χ0) is 14.7. The predicted molar refractivity (Wildman–Crippen MR) is 81.1 cm³/mol. The van der Waals surface area contributed by atoms with Crippen molar-refractivity contribution in [3.63, 3.8) is 0 Å². The Bertz CT molecular complexity index is 619. The highest BCUT2D eigenvalue weighted by Gasteiger charge is 2.25. The molecule has 0 atom stereocenters. The Balaban J connectivity index is 1.64. The maximum atomic E-state index is 12.4. The minimum absolute atomic E-state index is 0.105. The van der Waals surface area contributed by atoms with E-state index in [0.717, 1.165) is 42.9 Å². The Kier molecular flexibility index (Phi) is 3.95. The second-order valence-electron chi connectivity index (χ2n) is 5.51. The van der Waals surface area contributed by atoms with Crippen molar-refractivity contribution in [2.24, 2.45) is 0 Å². The van der Waals surface area contributed by atoms with Crippen molar-refractivity contribution >= 4 is 5.91 Å². The smallest absolute Gasteiger partial charge is 0.253 e. The van der Waals surface area contributed by atoms with Crippen molar-refractivity contribution in [3.05, 3.63) is 59.7 Å². The third-order valence-electron chi connectivity index (χ3n) is 4.04. The molecule has 0 N–H and O–H groups in total. The summed E-state index contributed by atoms with van der Waals surface area (Å²) in [5.41, 5.74) is 2.94. The van der Waals surface area contributed by atoms with Crippen molar-refractivity contribution in [2.45, 2.75) is 25.7 Å². The van der Waals surface area contributed by atoms with Crippen LogP contribution >= 0.6 is 0 Å². The number of amides is 1. The summed E-state index contributed by atoms with van der Waals surface area (Å²) >= 11 is 0. The van der Waals surface area contributed by atoms with Gasteiger partial charge in [0.25, 0.3) is 5.91 Å². The minimum atomic E-state index is 0.105. The molecule has 0 aromatic carbocycles. The summed E-state index contributed by atoms with van der Waals surface area (Å²) in [6, 6.07) is 9.73. The van der Waals surface area contributed by atoms with Gasteiger partial charge >= 0.3 is 0 Å². The van der Waals surface area contributed by atoms with Crippen LogP contribution in [0.4, 0.5) is 0 Å². The van der Waals surface area contributed by atoms with Gasteiger partial charge in [-0.2, -0.15) is 0 Å². The summed E-state index contributed by atoms with van der Waals surface area (Å²) in [6.07, 6.45) is 5.29. The zero-order valence-corrected chi connectivity index (χ0v) is 12.2. The topological polar surface area (TPSA) is 46.1 Å². The largest absolute Gasteiger partial charge is 0.339 e. The first-order valence-corrected chi connectivity index (χ1v) is 7.37. The number of piperidine rings is 1. The van der Waals surface area contributed by atoms with E-state index in [2.05, 4.69) is 22.1 Å². The van der Waals surface area contributed by atoms with Crippen LogP contribution in [0.1, 0.15) is 40.5 Å². The predicted octanol–water partition coefficient (Wildman–Crippen LogP) is 2.80. The second kappa shape index (κ2) is 6.04. The Morgan fingerprint density at radius 3 is 2.52 bits per heavy atom. The quantitative estimate of drug-likeness (QED) is 0.850. The van der Waals surface area contributed by atoms with Gasteiger partial charge in [-0.3, -0.25) is 14.8 Å². The fraction of sp³-hybridized carbons (Fsp3) is 0.353. The molecule has 2 aromatic heterocycles. The van der Waals surface area contributed by atoms with Crippen LogP contribution in [0.25, 0.3) is 0 Å². The maximum Gasteiger partial charge on any atom is 0.253 e. The van der Waals surface area contributed by atoms with Crippen LogP contribution in [0, 0.1) is 6.92 Å². The lowest BCUT2D eigenvalue weighted by Crippen LogP contribution is -2.38. The first-order valence-electron chi connectivity index (χ1n) is 7.37. The van der Waals surface area contributed by atoms with Crippen molar-refractivity contribution in [1.29, 1.82) is 0 Å². The van der Waals surface area contributed by atoms with Crippen molar-refractivity contribution in [2.75, 3.05) is 13.1 Å². The van der Waals surface area contributed by atoms with Gasteiger partial charge in [0.15, 0.2) is 0 Å². The van der Waals surface area contributed by atoms with E-state index in [-0.39, 0.29) is 5.91 Å². The Morgan fingerprint density at radius 2 is 1.86 bits per heavy atom. The highest BCUT2D eigenvalue weighted by Crippen LogP contribution is 2.27. The van der Waals surface area contributed by atoms with Crippen LogP contribution in [0.2, 0.25) is 0 Å². The average Bonchev–Trinajstić information content (AvgIpc) is 2.55. The molecule has 3 heterocycles. The molecule has 1 fully saturated rings. The van der Waals surface area contributed by atoms with E-state index in [4.69, 9.17) is 0 Å². The SMILES string of the molecule is Cc1cccc(C2CCN(C(=O)c3ccncc3)CC2)n1. The van der Waals surface area contributed by atoms with Gasteiger partial charge in [-0.25, -0.2) is 0 Å². The van der Waals surface area contributed by atoms with Gasteiger partial charge in [0, 0.05) is 48.4 Å². The lowest BCUT2D eigenvalue weighted by atomic mass is 9.92. The number of hydrogen-bond donors (Lipinski definition) is 0. The minimum Gasteiger partial charge on any atom is -0.339 e. The van der Waals surface area contributed by atoms with Crippen LogP contribution < -0.4 is 0 Å². The summed E-state index contributed by atoms with van der Waals surface area (Å²) in [7, 11) is 0. The first-order chi connectivity index (χ1) is 10.2. The average molecular weight is 281 g/mol. The molecular weight excluding hydrogens is 262 g/mol. The third-order valence-corrected chi connectivity index (χ3v) is 4.04. The molecule has 0 unspecified atom stereocenters. The molecule has 108 valence electrons. The number of rotatable bonds is 2. The number of likely N-dealkylation sites (tertiary alicyclic amines) is 1. The molecule has 4 nitrogen and oxygen atoms in total. The zero-order valence-electron chi connectivity index (χ0n) is 12.2. The lowest BCUT2D eigenvalue weighted by Gasteiger charge is -2.31. The molecule has 1 aliphatic rings. The van der Waals surface area contributed by atoms with Crippen LogP contribution in [-0.2, 0) is 0 Å². The van der Waals surface area contributed by atoms with Gasteiger partial charge in [0.1, 0.15) is 0 Å². The highest BCUT2D eigenvalue weighted by molar-refractivity contribution is 5.94. The number of carbonyl (C=O) groups excluding carboxylic acids is 1. The van der Waals surface area contributed by atoms with Crippen molar-refractivity contribution in [3.8, 4) is 0 Å². The van der Waals surface area contributed by atoms with E-state index in [1.807, 2.05) is 17.9 Å². The second-order valence-corrected chi connectivity index (χ2v) is 5.51.